The first-order valence-corrected chi connectivity index (χ1v) is 7.57. The van der Waals surface area contributed by atoms with Crippen LogP contribution in [0.4, 0.5) is 0 Å². The van der Waals surface area contributed by atoms with Gasteiger partial charge < -0.3 is 11.1 Å². The molecule has 5 heteroatoms. The quantitative estimate of drug-likeness (QED) is 0.793. The van der Waals surface area contributed by atoms with E-state index in [-0.39, 0.29) is 23.9 Å². The Bertz CT molecular complexity index is 440. The normalized spacial score (nSPS) is 13.5. The van der Waals surface area contributed by atoms with Crippen molar-refractivity contribution in [1.29, 1.82) is 0 Å². The number of carbonyl (C=O) groups excluding carboxylic acids is 1. The summed E-state index contributed by atoms with van der Waals surface area (Å²) in [5.41, 5.74) is 6.64. The molecule has 0 aliphatic carbocycles. The number of carbonyl (C=O) groups is 1. The van der Waals surface area contributed by atoms with E-state index in [1.165, 1.54) is 5.56 Å². The summed E-state index contributed by atoms with van der Waals surface area (Å²) in [4.78, 5) is 13.2. The fraction of sp³-hybridized carbons (Fsp3) is 0.533. The van der Waals surface area contributed by atoms with Gasteiger partial charge in [-0.2, -0.15) is 0 Å². The third-order valence-electron chi connectivity index (χ3n) is 3.58. The van der Waals surface area contributed by atoms with Gasteiger partial charge in [0.1, 0.15) is 0 Å². The fourth-order valence-corrected chi connectivity index (χ4v) is 2.48. The van der Waals surface area contributed by atoms with Crippen LogP contribution in [0.5, 0.6) is 0 Å². The van der Waals surface area contributed by atoms with E-state index >= 15 is 0 Å². The highest BCUT2D eigenvalue weighted by molar-refractivity contribution is 8.00. The zero-order valence-corrected chi connectivity index (χ0v) is 14.2. The topological polar surface area (TPSA) is 55.1 Å². The van der Waals surface area contributed by atoms with Crippen molar-refractivity contribution in [3.8, 4) is 0 Å². The van der Waals surface area contributed by atoms with Gasteiger partial charge >= 0.3 is 0 Å². The molecule has 0 saturated carbocycles. The third kappa shape index (κ3) is 5.35. The Morgan fingerprint density at radius 2 is 2.00 bits per heavy atom. The molecule has 3 nitrogen and oxygen atoms in total. The first-order valence-electron chi connectivity index (χ1n) is 6.58. The lowest BCUT2D eigenvalue weighted by Gasteiger charge is -2.33. The number of aryl methyl sites for hydroxylation is 1. The maximum atomic E-state index is 12.0. The molecule has 3 N–H and O–H groups in total. The van der Waals surface area contributed by atoms with Crippen molar-refractivity contribution in [3.05, 3.63) is 29.8 Å². The monoisotopic (exact) mass is 316 g/mol. The van der Waals surface area contributed by atoms with Gasteiger partial charge in [-0.15, -0.1) is 24.2 Å². The Morgan fingerprint density at radius 1 is 1.40 bits per heavy atom. The van der Waals surface area contributed by atoms with Crippen molar-refractivity contribution in [2.75, 3.05) is 12.3 Å². The van der Waals surface area contributed by atoms with Crippen LogP contribution < -0.4 is 11.1 Å². The van der Waals surface area contributed by atoms with E-state index in [0.717, 1.165) is 4.90 Å². The zero-order chi connectivity index (χ0) is 14.5. The molecule has 1 amide bonds. The van der Waals surface area contributed by atoms with Crippen LogP contribution >= 0.6 is 24.2 Å². The molecule has 20 heavy (non-hydrogen) atoms. The Hall–Kier alpha value is -0.710. The van der Waals surface area contributed by atoms with Crippen molar-refractivity contribution in [2.45, 2.75) is 38.1 Å². The van der Waals surface area contributed by atoms with Crippen LogP contribution in [0.1, 0.15) is 26.3 Å². The molecule has 0 fully saturated rings. The highest BCUT2D eigenvalue weighted by Gasteiger charge is 2.28. The standard InChI is InChI=1S/C15H24N2OS.ClH/c1-11(2)15(4,10-16)17-14(18)9-19-13-8-6-5-7-12(13)3;/h5-8,11H,9-10,16H2,1-4H3,(H,17,18);1H. The summed E-state index contributed by atoms with van der Waals surface area (Å²) in [5.74, 6) is 0.771. The second kappa shape index (κ2) is 8.55. The number of benzene rings is 1. The Balaban J connectivity index is 0.00000361. The van der Waals surface area contributed by atoms with Crippen molar-refractivity contribution in [3.63, 3.8) is 0 Å². The largest absolute Gasteiger partial charge is 0.349 e. The second-order valence-electron chi connectivity index (χ2n) is 5.38. The number of hydrogen-bond donors (Lipinski definition) is 2. The average Bonchev–Trinajstić information content (AvgIpc) is 2.37. The van der Waals surface area contributed by atoms with Gasteiger partial charge in [0, 0.05) is 11.4 Å². The van der Waals surface area contributed by atoms with Crippen LogP contribution in [0.15, 0.2) is 29.2 Å². The summed E-state index contributed by atoms with van der Waals surface area (Å²) in [6.07, 6.45) is 0. The SMILES string of the molecule is Cc1ccccc1SCC(=O)NC(C)(CN)C(C)C.Cl. The predicted octanol–water partition coefficient (Wildman–Crippen LogP) is 3.00. The van der Waals surface area contributed by atoms with Gasteiger partial charge in [0.25, 0.3) is 0 Å². The zero-order valence-electron chi connectivity index (χ0n) is 12.6. The molecule has 0 heterocycles. The summed E-state index contributed by atoms with van der Waals surface area (Å²) in [6, 6.07) is 8.09. The molecule has 1 aromatic carbocycles. The van der Waals surface area contributed by atoms with Gasteiger partial charge in [-0.25, -0.2) is 0 Å². The summed E-state index contributed by atoms with van der Waals surface area (Å²) in [6.45, 7) is 8.64. The maximum absolute atomic E-state index is 12.0. The smallest absolute Gasteiger partial charge is 0.230 e. The van der Waals surface area contributed by atoms with Gasteiger partial charge in [-0.3, -0.25) is 4.79 Å². The van der Waals surface area contributed by atoms with Crippen LogP contribution in [0.25, 0.3) is 0 Å². The first-order chi connectivity index (χ1) is 8.89. The van der Waals surface area contributed by atoms with Crippen molar-refractivity contribution in [2.24, 2.45) is 11.7 Å². The summed E-state index contributed by atoms with van der Waals surface area (Å²) >= 11 is 1.57. The number of hydrogen-bond acceptors (Lipinski definition) is 3. The Labute approximate surface area is 132 Å². The Kier molecular flexibility index (Phi) is 8.25. The van der Waals surface area contributed by atoms with Gasteiger partial charge in [0.15, 0.2) is 0 Å². The van der Waals surface area contributed by atoms with E-state index in [4.69, 9.17) is 5.73 Å². The van der Waals surface area contributed by atoms with Crippen LogP contribution in [0.3, 0.4) is 0 Å². The second-order valence-corrected chi connectivity index (χ2v) is 6.40. The van der Waals surface area contributed by atoms with Gasteiger partial charge in [0.2, 0.25) is 5.91 Å². The highest BCUT2D eigenvalue weighted by atomic mass is 35.5. The number of rotatable bonds is 6. The average molecular weight is 317 g/mol. The van der Waals surface area contributed by atoms with Crippen LogP contribution in [-0.4, -0.2) is 23.7 Å². The number of amides is 1. The van der Waals surface area contributed by atoms with Crippen LogP contribution in [-0.2, 0) is 4.79 Å². The Morgan fingerprint density at radius 3 is 2.50 bits per heavy atom. The van der Waals surface area contributed by atoms with Crippen LogP contribution in [0.2, 0.25) is 0 Å². The molecule has 1 atom stereocenters. The molecule has 0 radical (unpaired) electrons. The van der Waals surface area contributed by atoms with Crippen LogP contribution in [0, 0.1) is 12.8 Å². The molecule has 114 valence electrons. The number of thioether (sulfide) groups is 1. The molecule has 0 spiro atoms. The molecule has 0 aliphatic rings. The number of nitrogens with one attached hydrogen (secondary N) is 1. The van der Waals surface area contributed by atoms with E-state index < -0.39 is 0 Å². The van der Waals surface area contributed by atoms with Crippen molar-refractivity contribution < 1.29 is 4.79 Å². The molecule has 1 unspecified atom stereocenters. The number of halogens is 1. The number of nitrogens with two attached hydrogens (primary N) is 1. The molecule has 0 aliphatic heterocycles. The summed E-state index contributed by atoms with van der Waals surface area (Å²) in [5, 5.41) is 3.05. The minimum absolute atomic E-state index is 0. The molecular formula is C15H25ClN2OS. The van der Waals surface area contributed by atoms with Gasteiger partial charge in [0.05, 0.1) is 11.3 Å². The summed E-state index contributed by atoms with van der Waals surface area (Å²) in [7, 11) is 0. The van der Waals surface area contributed by atoms with E-state index in [1.54, 1.807) is 11.8 Å². The fourth-order valence-electron chi connectivity index (χ4n) is 1.65. The maximum Gasteiger partial charge on any atom is 0.230 e. The van der Waals surface area contributed by atoms with Gasteiger partial charge in [-0.05, 0) is 31.4 Å². The third-order valence-corrected chi connectivity index (χ3v) is 4.75. The van der Waals surface area contributed by atoms with Crippen molar-refractivity contribution in [1.82, 2.24) is 5.32 Å². The lowest BCUT2D eigenvalue weighted by molar-refractivity contribution is -0.120. The van der Waals surface area contributed by atoms with E-state index in [2.05, 4.69) is 32.2 Å². The molecule has 1 rings (SSSR count). The lowest BCUT2D eigenvalue weighted by atomic mass is 9.88. The highest BCUT2D eigenvalue weighted by Crippen LogP contribution is 2.22. The molecule has 0 saturated heterocycles. The minimum atomic E-state index is -0.330. The predicted molar refractivity (Wildman–Crippen MR) is 89.6 cm³/mol. The van der Waals surface area contributed by atoms with E-state index in [0.29, 0.717) is 18.2 Å². The van der Waals surface area contributed by atoms with E-state index in [1.807, 2.05) is 25.1 Å². The molecule has 0 aromatic heterocycles. The molecule has 1 aromatic rings. The minimum Gasteiger partial charge on any atom is -0.349 e. The molecule has 0 bridgehead atoms. The van der Waals surface area contributed by atoms with Gasteiger partial charge in [-0.1, -0.05) is 32.0 Å². The van der Waals surface area contributed by atoms with Crippen molar-refractivity contribution >= 4 is 30.1 Å². The molecular weight excluding hydrogens is 292 g/mol. The van der Waals surface area contributed by atoms with E-state index in [9.17, 15) is 4.79 Å². The first kappa shape index (κ1) is 19.3. The lowest BCUT2D eigenvalue weighted by Crippen LogP contribution is -2.55. The summed E-state index contributed by atoms with van der Waals surface area (Å²) < 4.78 is 0.